The molecular formula is C17H27N4O2P. The Morgan fingerprint density at radius 1 is 1.25 bits per heavy atom. The van der Waals surface area contributed by atoms with Crippen LogP contribution in [0, 0.1) is 6.92 Å². The van der Waals surface area contributed by atoms with Gasteiger partial charge in [-0.15, -0.1) is 0 Å². The summed E-state index contributed by atoms with van der Waals surface area (Å²) in [6.07, 6.45) is 4.90. The van der Waals surface area contributed by atoms with Crippen LogP contribution in [0.1, 0.15) is 25.5 Å². The van der Waals surface area contributed by atoms with E-state index in [1.54, 1.807) is 0 Å². The van der Waals surface area contributed by atoms with Crippen molar-refractivity contribution >= 4 is 19.5 Å². The van der Waals surface area contributed by atoms with Crippen LogP contribution in [-0.2, 0) is 6.54 Å². The van der Waals surface area contributed by atoms with Gasteiger partial charge in [0.15, 0.2) is 0 Å². The zero-order chi connectivity index (χ0) is 17.4. The van der Waals surface area contributed by atoms with E-state index in [9.17, 15) is 4.89 Å². The lowest BCUT2D eigenvalue weighted by Gasteiger charge is -2.10. The minimum atomic E-state index is -0.886. The van der Waals surface area contributed by atoms with Crippen LogP contribution >= 0.6 is 8.15 Å². The smallest absolute Gasteiger partial charge is 0.119 e. The van der Waals surface area contributed by atoms with Gasteiger partial charge in [0.05, 0.1) is 29.9 Å². The van der Waals surface area contributed by atoms with Crippen molar-refractivity contribution in [1.29, 1.82) is 0 Å². The summed E-state index contributed by atoms with van der Waals surface area (Å²) in [5.41, 5.74) is 9.15. The van der Waals surface area contributed by atoms with Crippen LogP contribution in [0.25, 0.3) is 0 Å². The van der Waals surface area contributed by atoms with E-state index >= 15 is 0 Å². The maximum atomic E-state index is 9.42. The average molecular weight is 350 g/mol. The number of hydrogen-bond acceptors (Lipinski definition) is 5. The normalized spacial score (nSPS) is 12.0. The first kappa shape index (κ1) is 18.6. The fraction of sp³-hybridized carbons (Fsp3) is 0.471. The molecule has 0 aliphatic carbocycles. The number of unbranched alkanes of at least 4 members (excludes halogenated alkanes) is 1. The van der Waals surface area contributed by atoms with E-state index < -0.39 is 8.15 Å². The molecule has 0 saturated carbocycles. The van der Waals surface area contributed by atoms with Crippen molar-refractivity contribution < 1.29 is 9.63 Å². The lowest BCUT2D eigenvalue weighted by molar-refractivity contribution is 0.309. The number of anilines is 2. The molecule has 2 aromatic rings. The summed E-state index contributed by atoms with van der Waals surface area (Å²) in [4.78, 5) is 9.42. The van der Waals surface area contributed by atoms with Crippen LogP contribution in [0.15, 0.2) is 30.5 Å². The van der Waals surface area contributed by atoms with Gasteiger partial charge in [-0.1, -0.05) is 13.3 Å². The zero-order valence-corrected chi connectivity index (χ0v) is 15.5. The van der Waals surface area contributed by atoms with Gasteiger partial charge in [0.2, 0.25) is 0 Å². The van der Waals surface area contributed by atoms with Gasteiger partial charge in [0, 0.05) is 20.9 Å². The molecule has 7 heteroatoms. The average Bonchev–Trinajstić information content (AvgIpc) is 2.92. The maximum absolute atomic E-state index is 9.42. The lowest BCUT2D eigenvalue weighted by atomic mass is 10.3. The molecule has 0 aliphatic rings. The summed E-state index contributed by atoms with van der Waals surface area (Å²) in [6.45, 7) is 7.44. The molecule has 132 valence electrons. The number of ether oxygens (including phenoxy) is 1. The molecule has 0 saturated heterocycles. The number of aryl methyl sites for hydroxylation is 2. The molecule has 0 aliphatic heterocycles. The number of hydrazine groups is 1. The summed E-state index contributed by atoms with van der Waals surface area (Å²) in [5.74, 6) is 0.887. The van der Waals surface area contributed by atoms with Crippen molar-refractivity contribution in [3.8, 4) is 5.75 Å². The van der Waals surface area contributed by atoms with Crippen molar-refractivity contribution in [2.75, 3.05) is 30.3 Å². The highest BCUT2D eigenvalue weighted by atomic mass is 31.1. The Balaban J connectivity index is 1.84. The molecule has 2 rings (SSSR count). The van der Waals surface area contributed by atoms with Gasteiger partial charge in [-0.25, -0.2) is 0 Å². The van der Waals surface area contributed by atoms with Gasteiger partial charge in [-0.05, 0) is 44.3 Å². The van der Waals surface area contributed by atoms with Crippen LogP contribution < -0.4 is 15.6 Å². The minimum Gasteiger partial charge on any atom is -0.494 e. The SMILES string of the molecule is CCCCOc1ccc(NNc2cn(CCP(C)O)nc2C)cc1. The van der Waals surface area contributed by atoms with Gasteiger partial charge >= 0.3 is 0 Å². The molecule has 1 aromatic carbocycles. The molecule has 0 bridgehead atoms. The van der Waals surface area contributed by atoms with Gasteiger partial charge < -0.3 is 15.1 Å². The molecule has 1 aromatic heterocycles. The number of hydrogen-bond donors (Lipinski definition) is 3. The molecule has 24 heavy (non-hydrogen) atoms. The van der Waals surface area contributed by atoms with Crippen molar-refractivity contribution in [3.05, 3.63) is 36.2 Å². The summed E-state index contributed by atoms with van der Waals surface area (Å²) in [6, 6.07) is 7.87. The number of rotatable bonds is 10. The summed E-state index contributed by atoms with van der Waals surface area (Å²) < 4.78 is 7.51. The Bertz CT molecular complexity index is 614. The van der Waals surface area contributed by atoms with E-state index in [1.165, 1.54) is 0 Å². The fourth-order valence-corrected chi connectivity index (χ4v) is 2.61. The topological polar surface area (TPSA) is 71.3 Å². The highest BCUT2D eigenvalue weighted by Crippen LogP contribution is 2.24. The largest absolute Gasteiger partial charge is 0.494 e. The first-order chi connectivity index (χ1) is 11.6. The number of aromatic nitrogens is 2. The van der Waals surface area contributed by atoms with E-state index in [1.807, 2.05) is 48.7 Å². The van der Waals surface area contributed by atoms with E-state index in [2.05, 4.69) is 22.9 Å². The predicted octanol–water partition coefficient (Wildman–Crippen LogP) is 3.83. The Morgan fingerprint density at radius 3 is 2.67 bits per heavy atom. The predicted molar refractivity (Wildman–Crippen MR) is 101 cm³/mol. The molecule has 3 N–H and O–H groups in total. The zero-order valence-electron chi connectivity index (χ0n) is 14.6. The maximum Gasteiger partial charge on any atom is 0.119 e. The van der Waals surface area contributed by atoms with Crippen molar-refractivity contribution in [3.63, 3.8) is 0 Å². The summed E-state index contributed by atoms with van der Waals surface area (Å²) in [5, 5.41) is 4.44. The monoisotopic (exact) mass is 350 g/mol. The fourth-order valence-electron chi connectivity index (χ4n) is 2.11. The third-order valence-corrected chi connectivity index (χ3v) is 4.41. The van der Waals surface area contributed by atoms with Gasteiger partial charge in [0.25, 0.3) is 0 Å². The standard InChI is InChI=1S/C17H27N4O2P/c1-4-5-11-23-16-8-6-15(7-9-16)18-19-17-13-21(20-14(17)2)10-12-24(3)22/h6-9,13,18-19,22H,4-5,10-12H2,1-3H3. The summed E-state index contributed by atoms with van der Waals surface area (Å²) >= 11 is 0. The molecule has 0 spiro atoms. The van der Waals surface area contributed by atoms with E-state index in [4.69, 9.17) is 4.74 Å². The highest BCUT2D eigenvalue weighted by molar-refractivity contribution is 7.50. The third kappa shape index (κ3) is 6.02. The van der Waals surface area contributed by atoms with Crippen LogP contribution in [0.2, 0.25) is 0 Å². The molecule has 0 fully saturated rings. The van der Waals surface area contributed by atoms with E-state index in [0.29, 0.717) is 0 Å². The molecule has 0 radical (unpaired) electrons. The Labute approximate surface area is 145 Å². The lowest BCUT2D eigenvalue weighted by Crippen LogP contribution is -2.08. The second-order valence-corrected chi connectivity index (χ2v) is 7.51. The first-order valence-corrected chi connectivity index (χ1v) is 10.2. The van der Waals surface area contributed by atoms with Crippen LogP contribution in [-0.4, -0.2) is 34.1 Å². The highest BCUT2D eigenvalue weighted by Gasteiger charge is 2.05. The molecular weight excluding hydrogens is 323 g/mol. The second-order valence-electron chi connectivity index (χ2n) is 5.75. The number of benzene rings is 1. The molecule has 1 atom stereocenters. The summed E-state index contributed by atoms with van der Waals surface area (Å²) in [7, 11) is -0.886. The Kier molecular flexibility index (Phi) is 7.35. The van der Waals surface area contributed by atoms with Gasteiger partial charge in [-0.3, -0.25) is 10.1 Å². The van der Waals surface area contributed by atoms with Gasteiger partial charge in [0.1, 0.15) is 5.75 Å². The number of nitrogens with zero attached hydrogens (tertiary/aromatic N) is 2. The first-order valence-electron chi connectivity index (χ1n) is 8.27. The Hall–Kier alpha value is -1.78. The molecule has 1 heterocycles. The third-order valence-electron chi connectivity index (χ3n) is 3.56. The van der Waals surface area contributed by atoms with Crippen molar-refractivity contribution in [2.24, 2.45) is 0 Å². The van der Waals surface area contributed by atoms with Crippen molar-refractivity contribution in [2.45, 2.75) is 33.2 Å². The molecule has 1 unspecified atom stereocenters. The molecule has 0 amide bonds. The Morgan fingerprint density at radius 2 is 2.00 bits per heavy atom. The number of nitrogens with one attached hydrogen (secondary N) is 2. The quantitative estimate of drug-likeness (QED) is 0.345. The van der Waals surface area contributed by atoms with Crippen molar-refractivity contribution in [1.82, 2.24) is 9.78 Å². The van der Waals surface area contributed by atoms with E-state index in [-0.39, 0.29) is 0 Å². The molecule has 6 nitrogen and oxygen atoms in total. The second kappa shape index (κ2) is 9.50. The van der Waals surface area contributed by atoms with Crippen LogP contribution in [0.3, 0.4) is 0 Å². The van der Waals surface area contributed by atoms with E-state index in [0.717, 1.165) is 55.0 Å². The van der Waals surface area contributed by atoms with Crippen LogP contribution in [0.5, 0.6) is 5.75 Å². The minimum absolute atomic E-state index is 0.727. The van der Waals surface area contributed by atoms with Crippen LogP contribution in [0.4, 0.5) is 11.4 Å². The van der Waals surface area contributed by atoms with Gasteiger partial charge in [-0.2, -0.15) is 5.10 Å².